The normalized spacial score (nSPS) is 32.1. The highest BCUT2D eigenvalue weighted by Gasteiger charge is 2.80. The Morgan fingerprint density at radius 1 is 1.16 bits per heavy atom. The SMILES string of the molecule is COc1ccc(NC(=O)C2N([C@H](C)CO)C(=O)[C@@H]3[C@H](C(=O)NCc4ccccc4)[C@@]4(C)OC23CC4C)cc1. The smallest absolute Gasteiger partial charge is 0.250 e. The van der Waals surface area contributed by atoms with Crippen molar-refractivity contribution in [2.45, 2.75) is 57.0 Å². The van der Waals surface area contributed by atoms with E-state index in [9.17, 15) is 19.5 Å². The molecule has 2 bridgehead atoms. The summed E-state index contributed by atoms with van der Waals surface area (Å²) in [6.45, 7) is 5.59. The molecule has 3 N–H and O–H groups in total. The summed E-state index contributed by atoms with van der Waals surface area (Å²) in [6.07, 6.45) is 0.456. The Morgan fingerprint density at radius 3 is 2.47 bits per heavy atom. The van der Waals surface area contributed by atoms with Gasteiger partial charge in [-0.15, -0.1) is 0 Å². The Labute approximate surface area is 222 Å². The lowest BCUT2D eigenvalue weighted by atomic mass is 9.62. The van der Waals surface area contributed by atoms with Crippen LogP contribution in [-0.4, -0.2) is 64.7 Å². The van der Waals surface area contributed by atoms with Crippen LogP contribution in [0.25, 0.3) is 0 Å². The third kappa shape index (κ3) is 3.96. The zero-order chi connectivity index (χ0) is 27.2. The molecule has 3 aliphatic rings. The highest BCUT2D eigenvalue weighted by Crippen LogP contribution is 2.65. The second kappa shape index (κ2) is 9.71. The minimum Gasteiger partial charge on any atom is -0.497 e. The number of benzene rings is 2. The zero-order valence-corrected chi connectivity index (χ0v) is 22.1. The van der Waals surface area contributed by atoms with Crippen molar-refractivity contribution in [1.82, 2.24) is 10.2 Å². The van der Waals surface area contributed by atoms with Gasteiger partial charge in [0, 0.05) is 12.2 Å². The molecule has 3 amide bonds. The molecule has 3 saturated heterocycles. The Bertz CT molecular complexity index is 1220. The molecule has 0 aromatic heterocycles. The zero-order valence-electron chi connectivity index (χ0n) is 22.1. The molecule has 9 heteroatoms. The maximum Gasteiger partial charge on any atom is 0.250 e. The van der Waals surface area contributed by atoms with E-state index in [1.54, 1.807) is 38.3 Å². The number of anilines is 1. The van der Waals surface area contributed by atoms with Crippen LogP contribution in [0.2, 0.25) is 0 Å². The van der Waals surface area contributed by atoms with Gasteiger partial charge < -0.3 is 30.1 Å². The number of nitrogens with one attached hydrogen (secondary N) is 2. The van der Waals surface area contributed by atoms with E-state index < -0.39 is 41.0 Å². The van der Waals surface area contributed by atoms with Gasteiger partial charge in [0.15, 0.2) is 0 Å². The number of carbonyl (C=O) groups is 3. The van der Waals surface area contributed by atoms with Crippen molar-refractivity contribution in [2.24, 2.45) is 17.8 Å². The van der Waals surface area contributed by atoms with Crippen molar-refractivity contribution in [2.75, 3.05) is 19.0 Å². The van der Waals surface area contributed by atoms with Gasteiger partial charge in [-0.05, 0) is 56.0 Å². The van der Waals surface area contributed by atoms with Gasteiger partial charge in [0.2, 0.25) is 17.7 Å². The molecule has 0 aliphatic carbocycles. The van der Waals surface area contributed by atoms with E-state index in [4.69, 9.17) is 9.47 Å². The summed E-state index contributed by atoms with van der Waals surface area (Å²) >= 11 is 0. The first kappa shape index (κ1) is 26.2. The summed E-state index contributed by atoms with van der Waals surface area (Å²) in [4.78, 5) is 43.0. The second-order valence-corrected chi connectivity index (χ2v) is 10.9. The molecule has 0 saturated carbocycles. The standard InChI is InChI=1S/C29H35N3O6/c1-17-14-29-23(22(28(17,3)38-29)25(34)30-15-19-8-6-5-7-9-19)27(36)32(18(2)16-33)24(29)26(35)31-20-10-12-21(37-4)13-11-20/h5-13,17-18,22-24,33H,14-16H2,1-4H3,(H,30,34)(H,31,35)/t17?,18-,22-,23+,24?,28+,29?/m1/s1. The monoisotopic (exact) mass is 521 g/mol. The topological polar surface area (TPSA) is 117 Å². The Kier molecular flexibility index (Phi) is 6.69. The van der Waals surface area contributed by atoms with E-state index in [1.807, 2.05) is 44.2 Å². The molecule has 2 aromatic carbocycles. The van der Waals surface area contributed by atoms with Crippen molar-refractivity contribution in [3.63, 3.8) is 0 Å². The fourth-order valence-electron chi connectivity index (χ4n) is 6.72. The molecule has 0 radical (unpaired) electrons. The molecule has 3 heterocycles. The number of aliphatic hydroxyl groups excluding tert-OH is 1. The van der Waals surface area contributed by atoms with E-state index >= 15 is 0 Å². The van der Waals surface area contributed by atoms with Crippen LogP contribution >= 0.6 is 0 Å². The third-order valence-electron chi connectivity index (χ3n) is 8.69. The molecule has 5 rings (SSSR count). The first-order valence-electron chi connectivity index (χ1n) is 13.1. The lowest BCUT2D eigenvalue weighted by Gasteiger charge is -2.36. The number of hydrogen-bond donors (Lipinski definition) is 3. The molecule has 7 atom stereocenters. The molecule has 2 aromatic rings. The molecular formula is C29H35N3O6. The van der Waals surface area contributed by atoms with Gasteiger partial charge in [-0.1, -0.05) is 37.3 Å². The number of nitrogens with zero attached hydrogens (tertiary/aromatic N) is 1. The third-order valence-corrected chi connectivity index (χ3v) is 8.69. The summed E-state index contributed by atoms with van der Waals surface area (Å²) in [5, 5.41) is 15.9. The molecule has 3 fully saturated rings. The van der Waals surface area contributed by atoms with Gasteiger partial charge in [-0.2, -0.15) is 0 Å². The number of ether oxygens (including phenoxy) is 2. The summed E-state index contributed by atoms with van der Waals surface area (Å²) in [7, 11) is 1.56. The van der Waals surface area contributed by atoms with E-state index in [1.165, 1.54) is 4.90 Å². The van der Waals surface area contributed by atoms with Crippen molar-refractivity contribution in [3.05, 3.63) is 60.2 Å². The van der Waals surface area contributed by atoms with Gasteiger partial charge in [-0.25, -0.2) is 0 Å². The first-order chi connectivity index (χ1) is 18.2. The Balaban J connectivity index is 1.48. The van der Waals surface area contributed by atoms with E-state index in [0.717, 1.165) is 5.56 Å². The van der Waals surface area contributed by atoms with Crippen molar-refractivity contribution in [1.29, 1.82) is 0 Å². The average molecular weight is 522 g/mol. The number of methoxy groups -OCH3 is 1. The predicted molar refractivity (Wildman–Crippen MR) is 140 cm³/mol. The van der Waals surface area contributed by atoms with E-state index in [2.05, 4.69) is 10.6 Å². The number of fused-ring (bicyclic) bond motifs is 1. The maximum absolute atomic E-state index is 14.0. The van der Waals surface area contributed by atoms with Gasteiger partial charge in [0.1, 0.15) is 17.4 Å². The highest BCUT2D eigenvalue weighted by atomic mass is 16.5. The first-order valence-corrected chi connectivity index (χ1v) is 13.1. The number of rotatable bonds is 8. The molecule has 1 spiro atoms. The van der Waals surface area contributed by atoms with Gasteiger partial charge in [-0.3, -0.25) is 14.4 Å². The summed E-state index contributed by atoms with van der Waals surface area (Å²) in [6, 6.07) is 14.8. The van der Waals surface area contributed by atoms with Crippen LogP contribution in [-0.2, 0) is 25.7 Å². The predicted octanol–water partition coefficient (Wildman–Crippen LogP) is 2.34. The minimum absolute atomic E-state index is 0.0697. The summed E-state index contributed by atoms with van der Waals surface area (Å²) in [5.74, 6) is -2.03. The number of carbonyl (C=O) groups excluding carboxylic acids is 3. The lowest BCUT2D eigenvalue weighted by molar-refractivity contribution is -0.148. The van der Waals surface area contributed by atoms with E-state index in [0.29, 0.717) is 24.4 Å². The molecule has 38 heavy (non-hydrogen) atoms. The molecule has 9 nitrogen and oxygen atoms in total. The second-order valence-electron chi connectivity index (χ2n) is 10.9. The van der Waals surface area contributed by atoms with Crippen LogP contribution < -0.4 is 15.4 Å². The maximum atomic E-state index is 14.0. The highest BCUT2D eigenvalue weighted by molar-refractivity contribution is 6.04. The fourth-order valence-corrected chi connectivity index (χ4v) is 6.72. The largest absolute Gasteiger partial charge is 0.497 e. The minimum atomic E-state index is -1.18. The number of likely N-dealkylation sites (tertiary alicyclic amines) is 1. The van der Waals surface area contributed by atoms with Gasteiger partial charge in [0.25, 0.3) is 0 Å². The average Bonchev–Trinajstić information content (AvgIpc) is 3.44. The van der Waals surface area contributed by atoms with Crippen LogP contribution in [0.4, 0.5) is 5.69 Å². The molecule has 202 valence electrons. The Hall–Kier alpha value is -3.43. The fraction of sp³-hybridized carbons (Fsp3) is 0.483. The van der Waals surface area contributed by atoms with Crippen LogP contribution in [0, 0.1) is 17.8 Å². The molecule has 3 aliphatic heterocycles. The van der Waals surface area contributed by atoms with Gasteiger partial charge >= 0.3 is 0 Å². The molecular weight excluding hydrogens is 486 g/mol. The number of aliphatic hydroxyl groups is 1. The molecule has 3 unspecified atom stereocenters. The van der Waals surface area contributed by atoms with Crippen molar-refractivity contribution in [3.8, 4) is 5.75 Å². The number of amides is 3. The van der Waals surface area contributed by atoms with Crippen molar-refractivity contribution >= 4 is 23.4 Å². The Morgan fingerprint density at radius 2 is 1.84 bits per heavy atom. The van der Waals surface area contributed by atoms with Crippen molar-refractivity contribution < 1.29 is 29.0 Å². The van der Waals surface area contributed by atoms with E-state index in [-0.39, 0.29) is 24.3 Å². The quantitative estimate of drug-likeness (QED) is 0.491. The van der Waals surface area contributed by atoms with Crippen LogP contribution in [0.5, 0.6) is 5.75 Å². The number of hydrogen-bond acceptors (Lipinski definition) is 6. The van der Waals surface area contributed by atoms with Crippen LogP contribution in [0.1, 0.15) is 32.8 Å². The summed E-state index contributed by atoms with van der Waals surface area (Å²) in [5.41, 5.74) is -0.597. The summed E-state index contributed by atoms with van der Waals surface area (Å²) < 4.78 is 11.9. The van der Waals surface area contributed by atoms with Crippen LogP contribution in [0.3, 0.4) is 0 Å². The van der Waals surface area contributed by atoms with Gasteiger partial charge in [0.05, 0.1) is 37.2 Å². The lowest BCUT2D eigenvalue weighted by Crippen LogP contribution is -2.56. The van der Waals surface area contributed by atoms with Crippen LogP contribution in [0.15, 0.2) is 54.6 Å².